The predicted molar refractivity (Wildman–Crippen MR) is 115 cm³/mol. The van der Waals surface area contributed by atoms with Crippen LogP contribution in [0.15, 0.2) is 42.6 Å². The summed E-state index contributed by atoms with van der Waals surface area (Å²) < 4.78 is 14.2. The number of pyridine rings is 1. The number of nitriles is 1. The number of ether oxygens (including phenoxy) is 2. The Labute approximate surface area is 176 Å². The van der Waals surface area contributed by atoms with E-state index in [9.17, 15) is 0 Å². The molecule has 1 saturated heterocycles. The first kappa shape index (κ1) is 19.1. The number of fused-ring (bicyclic) bond motifs is 1. The Balaban J connectivity index is 1.48. The largest absolute Gasteiger partial charge is 0.477 e. The third-order valence-electron chi connectivity index (χ3n) is 5.91. The van der Waals surface area contributed by atoms with Crippen LogP contribution in [0.25, 0.3) is 22.2 Å². The molecule has 0 spiro atoms. The maximum absolute atomic E-state index is 9.13. The molecule has 3 heterocycles. The van der Waals surface area contributed by atoms with Gasteiger partial charge in [0.05, 0.1) is 48.5 Å². The topological polar surface area (TPSA) is 72.1 Å². The van der Waals surface area contributed by atoms with Crippen LogP contribution in [-0.4, -0.2) is 42.0 Å². The normalized spacial score (nSPS) is 19.0. The van der Waals surface area contributed by atoms with E-state index in [1.165, 1.54) is 12.8 Å². The van der Waals surface area contributed by atoms with E-state index in [2.05, 4.69) is 28.2 Å². The number of morpholine rings is 1. The lowest BCUT2D eigenvalue weighted by atomic mass is 10.0. The van der Waals surface area contributed by atoms with E-state index in [1.807, 2.05) is 30.3 Å². The van der Waals surface area contributed by atoms with Gasteiger partial charge >= 0.3 is 0 Å². The molecule has 1 saturated carbocycles. The van der Waals surface area contributed by atoms with E-state index < -0.39 is 0 Å². The summed E-state index contributed by atoms with van der Waals surface area (Å²) >= 11 is 0. The predicted octanol–water partition coefficient (Wildman–Crippen LogP) is 3.74. The van der Waals surface area contributed by atoms with Crippen LogP contribution in [0.2, 0.25) is 0 Å². The van der Waals surface area contributed by atoms with Crippen LogP contribution in [0.3, 0.4) is 0 Å². The smallest absolute Gasteiger partial charge is 0.222 e. The summed E-state index contributed by atoms with van der Waals surface area (Å²) in [5.74, 6) is 1.48. The molecule has 30 heavy (non-hydrogen) atoms. The van der Waals surface area contributed by atoms with E-state index in [0.29, 0.717) is 18.1 Å². The molecule has 154 valence electrons. The second-order valence-electron chi connectivity index (χ2n) is 8.18. The number of benzene rings is 1. The van der Waals surface area contributed by atoms with Crippen LogP contribution < -0.4 is 10.1 Å². The molecule has 1 atom stereocenters. The minimum Gasteiger partial charge on any atom is -0.477 e. The van der Waals surface area contributed by atoms with E-state index >= 15 is 0 Å². The van der Waals surface area contributed by atoms with E-state index in [0.717, 1.165) is 60.7 Å². The fourth-order valence-electron chi connectivity index (χ4n) is 3.98. The van der Waals surface area contributed by atoms with Crippen LogP contribution in [0.1, 0.15) is 24.8 Å². The summed E-state index contributed by atoms with van der Waals surface area (Å²) in [6.45, 7) is 3.99. The summed E-state index contributed by atoms with van der Waals surface area (Å²) in [6.07, 6.45) is 5.95. The van der Waals surface area contributed by atoms with Gasteiger partial charge in [0.25, 0.3) is 0 Å². The highest BCUT2D eigenvalue weighted by molar-refractivity contribution is 5.84. The van der Waals surface area contributed by atoms with Crippen molar-refractivity contribution >= 4 is 11.0 Å². The van der Waals surface area contributed by atoms with Gasteiger partial charge in [-0.25, -0.2) is 4.98 Å². The molecule has 5 rings (SSSR count). The Hall–Kier alpha value is -2.88. The van der Waals surface area contributed by atoms with Crippen molar-refractivity contribution < 1.29 is 9.47 Å². The molecule has 3 aromatic rings. The highest BCUT2D eigenvalue weighted by Gasteiger charge is 2.22. The van der Waals surface area contributed by atoms with Crippen LogP contribution in [-0.2, 0) is 11.3 Å². The van der Waals surface area contributed by atoms with Gasteiger partial charge in [0.1, 0.15) is 0 Å². The van der Waals surface area contributed by atoms with Crippen molar-refractivity contribution in [2.45, 2.75) is 31.9 Å². The zero-order valence-corrected chi connectivity index (χ0v) is 17.0. The molecule has 1 aliphatic carbocycles. The minimum atomic E-state index is 0.155. The van der Waals surface area contributed by atoms with Gasteiger partial charge < -0.3 is 19.4 Å². The van der Waals surface area contributed by atoms with E-state index in [4.69, 9.17) is 19.7 Å². The number of nitrogens with zero attached hydrogens (tertiary/aromatic N) is 3. The van der Waals surface area contributed by atoms with Gasteiger partial charge in [-0.1, -0.05) is 25.0 Å². The molecule has 0 radical (unpaired) electrons. The minimum absolute atomic E-state index is 0.155. The molecule has 2 aromatic heterocycles. The molecule has 6 nitrogen and oxygen atoms in total. The van der Waals surface area contributed by atoms with Crippen LogP contribution in [0.4, 0.5) is 0 Å². The van der Waals surface area contributed by atoms with Gasteiger partial charge in [-0.3, -0.25) is 0 Å². The molecule has 2 fully saturated rings. The average Bonchev–Trinajstić information content (AvgIpc) is 3.54. The molecular formula is C24H26N4O2. The third kappa shape index (κ3) is 4.18. The fraction of sp³-hybridized carbons (Fsp3) is 0.417. The molecule has 1 aliphatic heterocycles. The highest BCUT2D eigenvalue weighted by atomic mass is 16.5. The zero-order chi connectivity index (χ0) is 20.3. The first-order valence-corrected chi connectivity index (χ1v) is 10.8. The van der Waals surface area contributed by atoms with E-state index in [1.54, 1.807) is 0 Å². The number of aromatic nitrogens is 2. The van der Waals surface area contributed by atoms with Crippen molar-refractivity contribution in [3.63, 3.8) is 0 Å². The second-order valence-corrected chi connectivity index (χ2v) is 8.18. The van der Waals surface area contributed by atoms with Crippen molar-refractivity contribution in [2.24, 2.45) is 5.92 Å². The molecule has 0 amide bonds. The fourth-order valence-corrected chi connectivity index (χ4v) is 3.98. The molecule has 1 unspecified atom stereocenters. The van der Waals surface area contributed by atoms with Crippen molar-refractivity contribution in [2.75, 3.05) is 26.3 Å². The highest BCUT2D eigenvalue weighted by Crippen LogP contribution is 2.35. The molecular weight excluding hydrogens is 376 g/mol. The van der Waals surface area contributed by atoms with Crippen molar-refractivity contribution in [1.29, 1.82) is 5.26 Å². The Morgan fingerprint density at radius 1 is 1.23 bits per heavy atom. The van der Waals surface area contributed by atoms with Gasteiger partial charge in [-0.05, 0) is 42.2 Å². The summed E-state index contributed by atoms with van der Waals surface area (Å²) in [5.41, 5.74) is 4.61. The monoisotopic (exact) mass is 402 g/mol. The lowest BCUT2D eigenvalue weighted by Gasteiger charge is -2.24. The summed E-state index contributed by atoms with van der Waals surface area (Å²) in [7, 11) is 0. The van der Waals surface area contributed by atoms with Gasteiger partial charge in [0.15, 0.2) is 0 Å². The number of hydrogen-bond acceptors (Lipinski definition) is 5. The molecule has 2 aliphatic rings. The lowest BCUT2D eigenvalue weighted by Crippen LogP contribution is -2.40. The maximum Gasteiger partial charge on any atom is 0.222 e. The first-order valence-electron chi connectivity index (χ1n) is 10.8. The standard InChI is InChI=1S/C24H26N4O2/c25-14-18-3-5-19(6-4-18)21-13-23-22(27-24(21)30-11-8-17-1-2-17)7-10-28(23)16-20-15-26-9-12-29-20/h3-7,10,13,17,20,26H,1-2,8-9,11-12,15-16H2. The Bertz CT molecular complexity index is 1060. The Morgan fingerprint density at radius 2 is 2.10 bits per heavy atom. The first-order chi connectivity index (χ1) is 14.8. The number of rotatable bonds is 7. The quantitative estimate of drug-likeness (QED) is 0.652. The third-order valence-corrected chi connectivity index (χ3v) is 5.91. The summed E-state index contributed by atoms with van der Waals surface area (Å²) in [4.78, 5) is 4.86. The SMILES string of the molecule is N#Cc1ccc(-c2cc3c(ccn3CC3CNCCO3)nc2OCCC2CC2)cc1. The van der Waals surface area contributed by atoms with Gasteiger partial charge in [0, 0.05) is 24.8 Å². The maximum atomic E-state index is 9.13. The van der Waals surface area contributed by atoms with Crippen LogP contribution in [0, 0.1) is 17.2 Å². The molecule has 0 bridgehead atoms. The van der Waals surface area contributed by atoms with Gasteiger partial charge in [-0.15, -0.1) is 0 Å². The summed E-state index contributed by atoms with van der Waals surface area (Å²) in [5, 5.41) is 12.5. The average molecular weight is 402 g/mol. The van der Waals surface area contributed by atoms with E-state index in [-0.39, 0.29) is 6.10 Å². The van der Waals surface area contributed by atoms with Crippen molar-refractivity contribution in [3.05, 3.63) is 48.2 Å². The van der Waals surface area contributed by atoms with Crippen molar-refractivity contribution in [3.8, 4) is 23.1 Å². The zero-order valence-electron chi connectivity index (χ0n) is 17.0. The second kappa shape index (κ2) is 8.47. The van der Waals surface area contributed by atoms with Crippen molar-refractivity contribution in [1.82, 2.24) is 14.9 Å². The molecule has 1 N–H and O–H groups in total. The number of nitrogens with one attached hydrogen (secondary N) is 1. The molecule has 6 heteroatoms. The Kier molecular flexibility index (Phi) is 5.39. The Morgan fingerprint density at radius 3 is 2.83 bits per heavy atom. The lowest BCUT2D eigenvalue weighted by molar-refractivity contribution is 0.0189. The van der Waals surface area contributed by atoms with Crippen LogP contribution in [0.5, 0.6) is 5.88 Å². The van der Waals surface area contributed by atoms with Crippen LogP contribution >= 0.6 is 0 Å². The van der Waals surface area contributed by atoms with Gasteiger partial charge in [0.2, 0.25) is 5.88 Å². The summed E-state index contributed by atoms with van der Waals surface area (Å²) in [6, 6.07) is 14.0. The van der Waals surface area contributed by atoms with Gasteiger partial charge in [-0.2, -0.15) is 5.26 Å². The number of hydrogen-bond donors (Lipinski definition) is 1. The molecule has 1 aromatic carbocycles.